The van der Waals surface area contributed by atoms with Gasteiger partial charge < -0.3 is 9.80 Å². The van der Waals surface area contributed by atoms with Gasteiger partial charge in [-0.25, -0.2) is 4.39 Å². The van der Waals surface area contributed by atoms with Gasteiger partial charge >= 0.3 is 0 Å². The first-order chi connectivity index (χ1) is 11.6. The minimum Gasteiger partial charge on any atom is -0.322 e. The van der Waals surface area contributed by atoms with E-state index in [1.807, 2.05) is 36.4 Å². The van der Waals surface area contributed by atoms with Gasteiger partial charge in [-0.1, -0.05) is 28.1 Å². The smallest absolute Gasteiger partial charge is 0.133 e. The molecule has 0 saturated carbocycles. The normalized spacial score (nSPS) is 20.5. The molecule has 0 radical (unpaired) electrons. The van der Waals surface area contributed by atoms with Crippen molar-refractivity contribution >= 4 is 15.9 Å². The minimum atomic E-state index is -0.121. The van der Waals surface area contributed by atoms with Crippen molar-refractivity contribution < 1.29 is 14.2 Å². The van der Waals surface area contributed by atoms with Crippen molar-refractivity contribution in [2.24, 2.45) is 0 Å². The predicted octanol–water partition coefficient (Wildman–Crippen LogP) is 0.943. The molecule has 1 aliphatic rings. The molecule has 124 valence electrons. The Morgan fingerprint density at radius 2 is 1.58 bits per heavy atom. The van der Waals surface area contributed by atoms with Crippen molar-refractivity contribution in [2.75, 3.05) is 26.2 Å². The Labute approximate surface area is 150 Å². The Morgan fingerprint density at radius 1 is 0.958 bits per heavy atom. The van der Waals surface area contributed by atoms with Crippen LogP contribution in [0, 0.1) is 17.1 Å². The Balaban J connectivity index is 1.51. The van der Waals surface area contributed by atoms with Crippen LogP contribution in [0.15, 0.2) is 46.9 Å². The van der Waals surface area contributed by atoms with Crippen molar-refractivity contribution in [3.8, 4) is 6.07 Å². The van der Waals surface area contributed by atoms with Gasteiger partial charge in [0.1, 0.15) is 45.1 Å². The summed E-state index contributed by atoms with van der Waals surface area (Å²) < 4.78 is 14.7. The van der Waals surface area contributed by atoms with Gasteiger partial charge in [0.25, 0.3) is 0 Å². The molecule has 1 saturated heterocycles. The van der Waals surface area contributed by atoms with E-state index >= 15 is 0 Å². The fourth-order valence-corrected chi connectivity index (χ4v) is 3.56. The van der Waals surface area contributed by atoms with E-state index in [9.17, 15) is 4.39 Å². The molecule has 1 aliphatic heterocycles. The number of halogens is 2. The van der Waals surface area contributed by atoms with E-state index in [-0.39, 0.29) is 5.82 Å². The third-order valence-electron chi connectivity index (χ3n) is 4.66. The van der Waals surface area contributed by atoms with E-state index in [0.29, 0.717) is 5.56 Å². The summed E-state index contributed by atoms with van der Waals surface area (Å²) in [7, 11) is 0. The Bertz CT molecular complexity index is 731. The second kappa shape index (κ2) is 7.89. The first-order valence-corrected chi connectivity index (χ1v) is 9.03. The van der Waals surface area contributed by atoms with E-state index in [2.05, 4.69) is 22.0 Å². The number of hydrogen-bond donors (Lipinski definition) is 2. The SMILES string of the molecule is N#Cc1ccc(C[NH+]2CC[NH+](Cc3ccc(Br)cc3F)CC2)cc1. The Kier molecular flexibility index (Phi) is 5.62. The van der Waals surface area contributed by atoms with Crippen molar-refractivity contribution in [3.63, 3.8) is 0 Å². The first-order valence-electron chi connectivity index (χ1n) is 8.24. The number of rotatable bonds is 4. The third kappa shape index (κ3) is 4.41. The summed E-state index contributed by atoms with van der Waals surface area (Å²) in [5, 5.41) is 8.85. The Hall–Kier alpha value is -1.74. The summed E-state index contributed by atoms with van der Waals surface area (Å²) >= 11 is 3.30. The van der Waals surface area contributed by atoms with E-state index in [1.54, 1.807) is 11.0 Å². The van der Waals surface area contributed by atoms with E-state index < -0.39 is 0 Å². The molecule has 0 bridgehead atoms. The lowest BCUT2D eigenvalue weighted by atomic mass is 10.1. The highest BCUT2D eigenvalue weighted by atomic mass is 79.9. The van der Waals surface area contributed by atoms with Gasteiger partial charge in [0.2, 0.25) is 0 Å². The van der Waals surface area contributed by atoms with E-state index in [1.165, 1.54) is 10.5 Å². The van der Waals surface area contributed by atoms with Crippen molar-refractivity contribution in [1.29, 1.82) is 5.26 Å². The van der Waals surface area contributed by atoms with Crippen molar-refractivity contribution in [2.45, 2.75) is 13.1 Å². The van der Waals surface area contributed by atoms with Crippen LogP contribution >= 0.6 is 15.9 Å². The molecular formula is C19H21BrFN3+2. The highest BCUT2D eigenvalue weighted by Crippen LogP contribution is 2.14. The number of nitrogens with zero attached hydrogens (tertiary/aromatic N) is 1. The number of nitrogens with one attached hydrogen (secondary N) is 2. The molecule has 1 heterocycles. The number of hydrogen-bond acceptors (Lipinski definition) is 1. The molecule has 0 aliphatic carbocycles. The van der Waals surface area contributed by atoms with E-state index in [0.717, 1.165) is 49.3 Å². The van der Waals surface area contributed by atoms with Gasteiger partial charge in [0.15, 0.2) is 0 Å². The molecule has 24 heavy (non-hydrogen) atoms. The van der Waals surface area contributed by atoms with Crippen molar-refractivity contribution in [1.82, 2.24) is 0 Å². The molecule has 2 aromatic rings. The number of quaternary nitrogens is 2. The van der Waals surface area contributed by atoms with Crippen LogP contribution in [-0.4, -0.2) is 26.2 Å². The summed E-state index contributed by atoms with van der Waals surface area (Å²) in [5.74, 6) is -0.121. The lowest BCUT2D eigenvalue weighted by Crippen LogP contribution is -3.27. The van der Waals surface area contributed by atoms with Gasteiger partial charge in [-0.2, -0.15) is 5.26 Å². The third-order valence-corrected chi connectivity index (χ3v) is 5.15. The van der Waals surface area contributed by atoms with Crippen LogP contribution < -0.4 is 9.80 Å². The number of piperazine rings is 1. The maximum Gasteiger partial charge on any atom is 0.133 e. The van der Waals surface area contributed by atoms with Crippen LogP contribution in [0.5, 0.6) is 0 Å². The van der Waals surface area contributed by atoms with Crippen molar-refractivity contribution in [3.05, 3.63) is 69.4 Å². The summed E-state index contributed by atoms with van der Waals surface area (Å²) in [6.07, 6.45) is 0. The maximum atomic E-state index is 14.0. The minimum absolute atomic E-state index is 0.121. The molecule has 3 nitrogen and oxygen atoms in total. The summed E-state index contributed by atoms with van der Waals surface area (Å²) in [6.45, 7) is 6.04. The zero-order chi connectivity index (χ0) is 16.9. The van der Waals surface area contributed by atoms with Crippen LogP contribution in [0.3, 0.4) is 0 Å². The molecule has 2 N–H and O–H groups in total. The highest BCUT2D eigenvalue weighted by Gasteiger charge is 2.24. The molecule has 0 amide bonds. The predicted molar refractivity (Wildman–Crippen MR) is 94.1 cm³/mol. The number of nitriles is 1. The molecule has 3 rings (SSSR count). The van der Waals surface area contributed by atoms with Gasteiger partial charge in [-0.3, -0.25) is 0 Å². The quantitative estimate of drug-likeness (QED) is 0.801. The molecule has 5 heteroatoms. The standard InChI is InChI=1S/C19H19BrFN3/c20-18-6-5-17(19(21)11-18)14-24-9-7-23(8-10-24)13-16-3-1-15(12-22)2-4-16/h1-6,11H,7-10,13-14H2/p+2. The molecule has 0 unspecified atom stereocenters. The molecule has 2 aromatic carbocycles. The largest absolute Gasteiger partial charge is 0.322 e. The van der Waals surface area contributed by atoms with Crippen LogP contribution in [0.2, 0.25) is 0 Å². The number of benzene rings is 2. The van der Waals surface area contributed by atoms with E-state index in [4.69, 9.17) is 5.26 Å². The topological polar surface area (TPSA) is 32.7 Å². The van der Waals surface area contributed by atoms with Crippen LogP contribution in [0.25, 0.3) is 0 Å². The molecule has 0 atom stereocenters. The van der Waals surface area contributed by atoms with Gasteiger partial charge in [0.05, 0.1) is 11.6 Å². The summed E-state index contributed by atoms with van der Waals surface area (Å²) in [5.41, 5.74) is 2.77. The molecule has 1 fully saturated rings. The first kappa shape index (κ1) is 17.1. The average Bonchev–Trinajstić information content (AvgIpc) is 2.60. The summed E-state index contributed by atoms with van der Waals surface area (Å²) in [4.78, 5) is 3.00. The van der Waals surface area contributed by atoms with Crippen LogP contribution in [-0.2, 0) is 13.1 Å². The maximum absolute atomic E-state index is 14.0. The van der Waals surface area contributed by atoms with Gasteiger partial charge in [0, 0.05) is 15.6 Å². The molecule has 0 aromatic heterocycles. The fraction of sp³-hybridized carbons (Fsp3) is 0.316. The fourth-order valence-electron chi connectivity index (χ4n) is 3.23. The van der Waals surface area contributed by atoms with Gasteiger partial charge in [-0.15, -0.1) is 0 Å². The summed E-state index contributed by atoms with van der Waals surface area (Å²) in [6, 6.07) is 15.3. The van der Waals surface area contributed by atoms with Crippen LogP contribution in [0.4, 0.5) is 4.39 Å². The zero-order valence-electron chi connectivity index (χ0n) is 13.5. The average molecular weight is 390 g/mol. The second-order valence-electron chi connectivity index (χ2n) is 6.40. The monoisotopic (exact) mass is 389 g/mol. The lowest BCUT2D eigenvalue weighted by Gasteiger charge is -2.30. The lowest BCUT2D eigenvalue weighted by molar-refractivity contribution is -1.02. The highest BCUT2D eigenvalue weighted by molar-refractivity contribution is 9.10. The van der Waals surface area contributed by atoms with Gasteiger partial charge in [-0.05, 0) is 30.3 Å². The molecular weight excluding hydrogens is 369 g/mol. The Morgan fingerprint density at radius 3 is 2.17 bits per heavy atom. The second-order valence-corrected chi connectivity index (χ2v) is 7.31. The zero-order valence-corrected chi connectivity index (χ0v) is 15.1. The van der Waals surface area contributed by atoms with Crippen LogP contribution in [0.1, 0.15) is 16.7 Å². The molecule has 0 spiro atoms.